The van der Waals surface area contributed by atoms with Gasteiger partial charge in [0.1, 0.15) is 0 Å². The second-order valence-corrected chi connectivity index (χ2v) is 7.92. The first-order valence-electron chi connectivity index (χ1n) is 7.78. The number of piperidine rings is 1. The van der Waals surface area contributed by atoms with Crippen LogP contribution < -0.4 is 5.32 Å². The van der Waals surface area contributed by atoms with Crippen LogP contribution in [0.3, 0.4) is 0 Å². The number of rotatable bonds is 5. The van der Waals surface area contributed by atoms with Crippen molar-refractivity contribution in [3.8, 4) is 0 Å². The molecule has 1 heterocycles. The summed E-state index contributed by atoms with van der Waals surface area (Å²) in [5, 5.41) is 2.81. The van der Waals surface area contributed by atoms with E-state index in [4.69, 9.17) is 0 Å². The average Bonchev–Trinajstić information content (AvgIpc) is 2.53. The van der Waals surface area contributed by atoms with E-state index in [2.05, 4.69) is 5.32 Å². The molecule has 1 N–H and O–H groups in total. The topological polar surface area (TPSA) is 66.5 Å². The summed E-state index contributed by atoms with van der Waals surface area (Å²) in [6.07, 6.45) is 2.93. The quantitative estimate of drug-likeness (QED) is 0.902. The molecule has 122 valence electrons. The lowest BCUT2D eigenvalue weighted by Crippen LogP contribution is -2.35. The predicted octanol–water partition coefficient (Wildman–Crippen LogP) is 2.13. The average molecular weight is 324 g/mol. The minimum absolute atomic E-state index is 0.0377. The van der Waals surface area contributed by atoms with E-state index in [0.717, 1.165) is 24.8 Å². The van der Waals surface area contributed by atoms with E-state index in [0.29, 0.717) is 24.5 Å². The smallest absolute Gasteiger partial charge is 0.243 e. The first-order valence-corrected chi connectivity index (χ1v) is 9.22. The van der Waals surface area contributed by atoms with E-state index in [9.17, 15) is 13.2 Å². The molecule has 1 aromatic rings. The highest BCUT2D eigenvalue weighted by molar-refractivity contribution is 7.89. The third-order valence-electron chi connectivity index (χ3n) is 3.84. The van der Waals surface area contributed by atoms with Crippen molar-refractivity contribution in [2.24, 2.45) is 5.92 Å². The fourth-order valence-electron chi connectivity index (χ4n) is 2.46. The van der Waals surface area contributed by atoms with Crippen LogP contribution in [-0.2, 0) is 21.4 Å². The molecule has 1 fully saturated rings. The third-order valence-corrected chi connectivity index (χ3v) is 5.74. The second kappa shape index (κ2) is 7.24. The Morgan fingerprint density at radius 2 is 1.91 bits per heavy atom. The molecule has 1 aromatic carbocycles. The van der Waals surface area contributed by atoms with Crippen LogP contribution in [0.25, 0.3) is 0 Å². The van der Waals surface area contributed by atoms with Crippen LogP contribution in [0.4, 0.5) is 0 Å². The van der Waals surface area contributed by atoms with E-state index in [1.807, 2.05) is 19.9 Å². The van der Waals surface area contributed by atoms with Gasteiger partial charge in [0, 0.05) is 25.6 Å². The molecule has 0 atom stereocenters. The molecule has 1 aliphatic rings. The van der Waals surface area contributed by atoms with Crippen molar-refractivity contribution in [3.63, 3.8) is 0 Å². The number of carbonyl (C=O) groups excluding carboxylic acids is 1. The number of hydrogen-bond donors (Lipinski definition) is 1. The summed E-state index contributed by atoms with van der Waals surface area (Å²) in [4.78, 5) is 11.9. The zero-order valence-corrected chi connectivity index (χ0v) is 14.0. The van der Waals surface area contributed by atoms with Gasteiger partial charge in [0.15, 0.2) is 0 Å². The Bertz CT molecular complexity index is 620. The van der Waals surface area contributed by atoms with Crippen molar-refractivity contribution < 1.29 is 13.2 Å². The van der Waals surface area contributed by atoms with Crippen molar-refractivity contribution in [3.05, 3.63) is 29.8 Å². The Hall–Kier alpha value is -1.40. The summed E-state index contributed by atoms with van der Waals surface area (Å²) in [5.41, 5.74) is 0.798. The highest BCUT2D eigenvalue weighted by atomic mass is 32.2. The molecule has 1 aliphatic heterocycles. The van der Waals surface area contributed by atoms with Crippen molar-refractivity contribution in [2.75, 3.05) is 13.1 Å². The SMILES string of the molecule is CC(C)C(=O)NCc1cccc(S(=O)(=O)N2CCCCC2)c1. The van der Waals surface area contributed by atoms with Crippen molar-refractivity contribution in [2.45, 2.75) is 44.6 Å². The maximum Gasteiger partial charge on any atom is 0.243 e. The Kier molecular flexibility index (Phi) is 5.58. The van der Waals surface area contributed by atoms with Gasteiger partial charge in [-0.15, -0.1) is 0 Å². The van der Waals surface area contributed by atoms with Crippen LogP contribution in [0.15, 0.2) is 29.2 Å². The number of benzene rings is 1. The van der Waals surface area contributed by atoms with E-state index >= 15 is 0 Å². The van der Waals surface area contributed by atoms with E-state index in [-0.39, 0.29) is 11.8 Å². The van der Waals surface area contributed by atoms with Crippen molar-refractivity contribution in [1.82, 2.24) is 9.62 Å². The monoisotopic (exact) mass is 324 g/mol. The first kappa shape index (κ1) is 17.0. The van der Waals surface area contributed by atoms with Gasteiger partial charge in [-0.25, -0.2) is 8.42 Å². The lowest BCUT2D eigenvalue weighted by molar-refractivity contribution is -0.124. The molecule has 6 heteroatoms. The summed E-state index contributed by atoms with van der Waals surface area (Å²) in [6, 6.07) is 6.84. The Morgan fingerprint density at radius 3 is 2.55 bits per heavy atom. The standard InChI is InChI=1S/C16H24N2O3S/c1-13(2)16(19)17-12-14-7-6-8-15(11-14)22(20,21)18-9-4-3-5-10-18/h6-8,11,13H,3-5,9-10,12H2,1-2H3,(H,17,19). The van der Waals surface area contributed by atoms with Gasteiger partial charge in [-0.3, -0.25) is 4.79 Å². The maximum absolute atomic E-state index is 12.6. The molecule has 0 bridgehead atoms. The molecule has 0 aliphatic carbocycles. The molecule has 5 nitrogen and oxygen atoms in total. The zero-order valence-electron chi connectivity index (χ0n) is 13.2. The van der Waals surface area contributed by atoms with Gasteiger partial charge in [0.2, 0.25) is 15.9 Å². The van der Waals surface area contributed by atoms with Gasteiger partial charge in [0.25, 0.3) is 0 Å². The molecule has 2 rings (SSSR count). The predicted molar refractivity (Wildman–Crippen MR) is 85.7 cm³/mol. The van der Waals surface area contributed by atoms with Gasteiger partial charge in [-0.05, 0) is 30.5 Å². The highest BCUT2D eigenvalue weighted by Gasteiger charge is 2.25. The summed E-state index contributed by atoms with van der Waals surface area (Å²) in [7, 11) is -3.42. The second-order valence-electron chi connectivity index (χ2n) is 5.98. The Labute approximate surface area is 132 Å². The van der Waals surface area contributed by atoms with Crippen molar-refractivity contribution >= 4 is 15.9 Å². The van der Waals surface area contributed by atoms with Gasteiger partial charge >= 0.3 is 0 Å². The normalized spacial score (nSPS) is 16.7. The molecule has 1 saturated heterocycles. The summed E-state index contributed by atoms with van der Waals surface area (Å²) < 4.78 is 26.8. The number of sulfonamides is 1. The molecular weight excluding hydrogens is 300 g/mol. The zero-order chi connectivity index (χ0) is 16.2. The maximum atomic E-state index is 12.6. The molecule has 22 heavy (non-hydrogen) atoms. The summed E-state index contributed by atoms with van der Waals surface area (Å²) >= 11 is 0. The number of nitrogens with zero attached hydrogens (tertiary/aromatic N) is 1. The molecule has 0 aromatic heterocycles. The molecule has 0 unspecified atom stereocenters. The minimum atomic E-state index is -3.42. The number of amides is 1. The summed E-state index contributed by atoms with van der Waals surface area (Å²) in [6.45, 7) is 5.19. The van der Waals surface area contributed by atoms with Gasteiger partial charge < -0.3 is 5.32 Å². The van der Waals surface area contributed by atoms with Crippen LogP contribution in [-0.4, -0.2) is 31.7 Å². The third kappa shape index (κ3) is 4.08. The van der Waals surface area contributed by atoms with Gasteiger partial charge in [-0.1, -0.05) is 32.4 Å². The van der Waals surface area contributed by atoms with Crippen LogP contribution >= 0.6 is 0 Å². The minimum Gasteiger partial charge on any atom is -0.352 e. The molecule has 0 radical (unpaired) electrons. The molecule has 0 saturated carbocycles. The van der Waals surface area contributed by atoms with Gasteiger partial charge in [0.05, 0.1) is 4.90 Å². The lowest BCUT2D eigenvalue weighted by Gasteiger charge is -2.26. The largest absolute Gasteiger partial charge is 0.352 e. The van der Waals surface area contributed by atoms with Crippen LogP contribution in [0.2, 0.25) is 0 Å². The number of nitrogens with one attached hydrogen (secondary N) is 1. The first-order chi connectivity index (χ1) is 10.4. The Morgan fingerprint density at radius 1 is 1.23 bits per heavy atom. The van der Waals surface area contributed by atoms with E-state index in [1.165, 1.54) is 0 Å². The summed E-state index contributed by atoms with van der Waals surface area (Å²) in [5.74, 6) is -0.121. The van der Waals surface area contributed by atoms with Crippen LogP contribution in [0.5, 0.6) is 0 Å². The fourth-order valence-corrected chi connectivity index (χ4v) is 4.05. The van der Waals surface area contributed by atoms with Crippen molar-refractivity contribution in [1.29, 1.82) is 0 Å². The molecule has 1 amide bonds. The number of hydrogen-bond acceptors (Lipinski definition) is 3. The highest BCUT2D eigenvalue weighted by Crippen LogP contribution is 2.21. The Balaban J connectivity index is 2.11. The van der Waals surface area contributed by atoms with Crippen LogP contribution in [0, 0.1) is 5.92 Å². The van der Waals surface area contributed by atoms with Gasteiger partial charge in [-0.2, -0.15) is 4.31 Å². The van der Waals surface area contributed by atoms with E-state index < -0.39 is 10.0 Å². The number of carbonyl (C=O) groups is 1. The lowest BCUT2D eigenvalue weighted by atomic mass is 10.2. The van der Waals surface area contributed by atoms with Crippen LogP contribution in [0.1, 0.15) is 38.7 Å². The van der Waals surface area contributed by atoms with E-state index in [1.54, 1.807) is 22.5 Å². The molecule has 0 spiro atoms. The fraction of sp³-hybridized carbons (Fsp3) is 0.562. The molecular formula is C16H24N2O3S.